The molecule has 0 aliphatic carbocycles. The summed E-state index contributed by atoms with van der Waals surface area (Å²) in [4.78, 5) is 14.9. The maximum atomic E-state index is 10.8. The molecule has 0 saturated carbocycles. The number of methoxy groups -OCH3 is 1. The zero-order valence-electron chi connectivity index (χ0n) is 9.56. The molecule has 3 N–H and O–H groups in total. The quantitative estimate of drug-likeness (QED) is 0.750. The summed E-state index contributed by atoms with van der Waals surface area (Å²) in [6, 6.07) is 3.39. The average molecular weight is 223 g/mol. The Labute approximate surface area is 95.0 Å². The molecule has 1 rings (SSSR count). The minimum absolute atomic E-state index is 0.405. The number of aromatic nitrogens is 1. The smallest absolute Gasteiger partial charge is 0.250 e. The monoisotopic (exact) mass is 223 g/mol. The van der Waals surface area contributed by atoms with Crippen molar-refractivity contribution in [3.63, 3.8) is 0 Å². The van der Waals surface area contributed by atoms with Gasteiger partial charge in [0.1, 0.15) is 5.82 Å². The normalized spacial score (nSPS) is 12.1. The molecule has 88 valence electrons. The van der Waals surface area contributed by atoms with Crippen LogP contribution in [0.15, 0.2) is 18.3 Å². The summed E-state index contributed by atoms with van der Waals surface area (Å²) in [7, 11) is 1.68. The molecular weight excluding hydrogens is 206 g/mol. The summed E-state index contributed by atoms with van der Waals surface area (Å²) in [6.45, 7) is 3.55. The first-order valence-corrected chi connectivity index (χ1v) is 5.12. The van der Waals surface area contributed by atoms with Crippen LogP contribution in [0, 0.1) is 5.92 Å². The molecule has 5 heteroatoms. The summed E-state index contributed by atoms with van der Waals surface area (Å²) in [6.07, 6.45) is 1.46. The summed E-state index contributed by atoms with van der Waals surface area (Å²) >= 11 is 0. The highest BCUT2D eigenvalue weighted by Crippen LogP contribution is 2.05. The third kappa shape index (κ3) is 3.86. The summed E-state index contributed by atoms with van der Waals surface area (Å²) in [5.74, 6) is 0.669. The molecule has 0 aliphatic rings. The maximum absolute atomic E-state index is 10.8. The molecule has 0 radical (unpaired) electrons. The Bertz CT molecular complexity index is 338. The van der Waals surface area contributed by atoms with E-state index < -0.39 is 5.91 Å². The van der Waals surface area contributed by atoms with Crippen molar-refractivity contribution >= 4 is 11.7 Å². The standard InChI is InChI=1S/C11H17N3O2/c1-8(7-16-2)5-13-10-4-3-9(6-14-10)11(12)15/h3-4,6,8H,5,7H2,1-2H3,(H2,12,15)(H,13,14). The Morgan fingerprint density at radius 2 is 2.38 bits per heavy atom. The van der Waals surface area contributed by atoms with Gasteiger partial charge >= 0.3 is 0 Å². The lowest BCUT2D eigenvalue weighted by Gasteiger charge is -2.11. The molecule has 1 aromatic heterocycles. The van der Waals surface area contributed by atoms with E-state index in [-0.39, 0.29) is 0 Å². The fourth-order valence-corrected chi connectivity index (χ4v) is 1.27. The lowest BCUT2D eigenvalue weighted by molar-refractivity contribution is 0.1000. The number of hydrogen-bond donors (Lipinski definition) is 2. The number of primary amides is 1. The van der Waals surface area contributed by atoms with Crippen LogP contribution in [0.3, 0.4) is 0 Å². The van der Waals surface area contributed by atoms with Gasteiger partial charge in [-0.1, -0.05) is 6.92 Å². The van der Waals surface area contributed by atoms with Gasteiger partial charge in [-0.15, -0.1) is 0 Å². The number of carbonyl (C=O) groups excluding carboxylic acids is 1. The molecule has 0 aliphatic heterocycles. The van der Waals surface area contributed by atoms with E-state index in [4.69, 9.17) is 10.5 Å². The van der Waals surface area contributed by atoms with Gasteiger partial charge in [0.2, 0.25) is 5.91 Å². The van der Waals surface area contributed by atoms with Crippen LogP contribution in [0.25, 0.3) is 0 Å². The number of carbonyl (C=O) groups is 1. The molecule has 0 saturated heterocycles. The third-order valence-electron chi connectivity index (χ3n) is 2.13. The van der Waals surface area contributed by atoms with Crippen LogP contribution in [-0.2, 0) is 4.74 Å². The molecule has 1 heterocycles. The van der Waals surface area contributed by atoms with E-state index in [1.54, 1.807) is 19.2 Å². The van der Waals surface area contributed by atoms with Gasteiger partial charge < -0.3 is 15.8 Å². The predicted molar refractivity (Wildman–Crippen MR) is 62.3 cm³/mol. The van der Waals surface area contributed by atoms with Gasteiger partial charge in [-0.25, -0.2) is 4.98 Å². The Hall–Kier alpha value is -1.62. The summed E-state index contributed by atoms with van der Waals surface area (Å²) < 4.78 is 5.02. The Morgan fingerprint density at radius 3 is 2.88 bits per heavy atom. The van der Waals surface area contributed by atoms with Crippen molar-refractivity contribution in [2.75, 3.05) is 25.6 Å². The Balaban J connectivity index is 2.46. The van der Waals surface area contributed by atoms with Crippen molar-refractivity contribution in [3.8, 4) is 0 Å². The number of hydrogen-bond acceptors (Lipinski definition) is 4. The highest BCUT2D eigenvalue weighted by Gasteiger charge is 2.03. The van der Waals surface area contributed by atoms with Crippen molar-refractivity contribution in [1.29, 1.82) is 0 Å². The first-order chi connectivity index (χ1) is 7.63. The zero-order chi connectivity index (χ0) is 12.0. The molecule has 1 amide bonds. The van der Waals surface area contributed by atoms with Gasteiger partial charge in [0.05, 0.1) is 12.2 Å². The van der Waals surface area contributed by atoms with Crippen LogP contribution in [-0.4, -0.2) is 31.2 Å². The van der Waals surface area contributed by atoms with Crippen LogP contribution < -0.4 is 11.1 Å². The molecule has 1 atom stereocenters. The van der Waals surface area contributed by atoms with Gasteiger partial charge in [-0.05, 0) is 18.1 Å². The van der Waals surface area contributed by atoms with E-state index in [9.17, 15) is 4.79 Å². The van der Waals surface area contributed by atoms with Crippen molar-refractivity contribution in [1.82, 2.24) is 4.98 Å². The van der Waals surface area contributed by atoms with E-state index in [0.29, 0.717) is 18.1 Å². The number of pyridine rings is 1. The number of nitrogens with zero attached hydrogens (tertiary/aromatic N) is 1. The molecule has 5 nitrogen and oxygen atoms in total. The fourth-order valence-electron chi connectivity index (χ4n) is 1.27. The van der Waals surface area contributed by atoms with Crippen LogP contribution in [0.5, 0.6) is 0 Å². The van der Waals surface area contributed by atoms with E-state index in [1.165, 1.54) is 6.20 Å². The molecule has 0 fully saturated rings. The van der Waals surface area contributed by atoms with E-state index >= 15 is 0 Å². The molecule has 16 heavy (non-hydrogen) atoms. The second kappa shape index (κ2) is 6.07. The van der Waals surface area contributed by atoms with Crippen molar-refractivity contribution in [3.05, 3.63) is 23.9 Å². The third-order valence-corrected chi connectivity index (χ3v) is 2.13. The number of amides is 1. The number of nitrogens with two attached hydrogens (primary N) is 1. The molecule has 1 aromatic rings. The second-order valence-electron chi connectivity index (χ2n) is 3.74. The van der Waals surface area contributed by atoms with Crippen LogP contribution in [0.4, 0.5) is 5.82 Å². The average Bonchev–Trinajstić information content (AvgIpc) is 2.27. The van der Waals surface area contributed by atoms with Crippen molar-refractivity contribution in [2.45, 2.75) is 6.92 Å². The topological polar surface area (TPSA) is 77.2 Å². The van der Waals surface area contributed by atoms with Gasteiger partial charge in [-0.3, -0.25) is 4.79 Å². The van der Waals surface area contributed by atoms with E-state index in [2.05, 4.69) is 17.2 Å². The minimum atomic E-state index is -0.466. The SMILES string of the molecule is COCC(C)CNc1ccc(C(N)=O)cn1. The Morgan fingerprint density at radius 1 is 1.62 bits per heavy atom. The van der Waals surface area contributed by atoms with Gasteiger partial charge in [0.25, 0.3) is 0 Å². The van der Waals surface area contributed by atoms with Gasteiger partial charge in [-0.2, -0.15) is 0 Å². The van der Waals surface area contributed by atoms with Gasteiger partial charge in [0.15, 0.2) is 0 Å². The summed E-state index contributed by atoms with van der Waals surface area (Å²) in [5.41, 5.74) is 5.52. The molecule has 0 aromatic carbocycles. The van der Waals surface area contributed by atoms with Crippen molar-refractivity contribution in [2.24, 2.45) is 11.7 Å². The number of nitrogens with one attached hydrogen (secondary N) is 1. The fraction of sp³-hybridized carbons (Fsp3) is 0.455. The maximum Gasteiger partial charge on any atom is 0.250 e. The number of ether oxygens (including phenoxy) is 1. The molecule has 0 bridgehead atoms. The van der Waals surface area contributed by atoms with Crippen LogP contribution >= 0.6 is 0 Å². The predicted octanol–water partition coefficient (Wildman–Crippen LogP) is 0.875. The molecular formula is C11H17N3O2. The zero-order valence-corrected chi connectivity index (χ0v) is 9.56. The molecule has 1 unspecified atom stereocenters. The highest BCUT2D eigenvalue weighted by molar-refractivity contribution is 5.92. The van der Waals surface area contributed by atoms with Crippen LogP contribution in [0.2, 0.25) is 0 Å². The van der Waals surface area contributed by atoms with E-state index in [1.807, 2.05) is 0 Å². The molecule has 0 spiro atoms. The second-order valence-corrected chi connectivity index (χ2v) is 3.74. The number of rotatable bonds is 6. The summed E-state index contributed by atoms with van der Waals surface area (Å²) in [5, 5.41) is 3.15. The van der Waals surface area contributed by atoms with Crippen LogP contribution in [0.1, 0.15) is 17.3 Å². The lowest BCUT2D eigenvalue weighted by atomic mass is 10.2. The van der Waals surface area contributed by atoms with Gasteiger partial charge in [0, 0.05) is 19.9 Å². The largest absolute Gasteiger partial charge is 0.384 e. The first kappa shape index (κ1) is 12.4. The first-order valence-electron chi connectivity index (χ1n) is 5.12. The lowest BCUT2D eigenvalue weighted by Crippen LogP contribution is -2.17. The Kier molecular flexibility index (Phi) is 4.72. The highest BCUT2D eigenvalue weighted by atomic mass is 16.5. The van der Waals surface area contributed by atoms with Crippen molar-refractivity contribution < 1.29 is 9.53 Å². The van der Waals surface area contributed by atoms with E-state index in [0.717, 1.165) is 12.4 Å². The minimum Gasteiger partial charge on any atom is -0.384 e. The number of anilines is 1.